The Morgan fingerprint density at radius 2 is 1.55 bits per heavy atom. The third kappa shape index (κ3) is 2.00. The standard InChI is InChI=1S/C20H16FN/c1-14-5-4-7-18-17-6-2-3-8-19(17)22(20(14)18)13-15-9-11-16(21)12-10-15/h2-12H,13H2,1H3. The van der Waals surface area contributed by atoms with Gasteiger partial charge in [0.2, 0.25) is 0 Å². The van der Waals surface area contributed by atoms with E-state index in [2.05, 4.69) is 54.0 Å². The molecule has 0 aliphatic heterocycles. The summed E-state index contributed by atoms with van der Waals surface area (Å²) in [6.07, 6.45) is 0. The molecule has 1 heterocycles. The van der Waals surface area contributed by atoms with Gasteiger partial charge in [-0.25, -0.2) is 4.39 Å². The van der Waals surface area contributed by atoms with E-state index in [9.17, 15) is 4.39 Å². The van der Waals surface area contributed by atoms with Crippen molar-refractivity contribution >= 4 is 21.8 Å². The van der Waals surface area contributed by atoms with Crippen molar-refractivity contribution in [2.24, 2.45) is 0 Å². The molecule has 1 aromatic heterocycles. The third-order valence-corrected chi connectivity index (χ3v) is 4.25. The number of rotatable bonds is 2. The Balaban J connectivity index is 1.99. The molecule has 0 aliphatic carbocycles. The number of para-hydroxylation sites is 2. The zero-order chi connectivity index (χ0) is 15.1. The van der Waals surface area contributed by atoms with Gasteiger partial charge in [0.15, 0.2) is 0 Å². The minimum absolute atomic E-state index is 0.192. The predicted molar refractivity (Wildman–Crippen MR) is 89.7 cm³/mol. The molecule has 22 heavy (non-hydrogen) atoms. The van der Waals surface area contributed by atoms with Gasteiger partial charge in [-0.15, -0.1) is 0 Å². The van der Waals surface area contributed by atoms with Gasteiger partial charge in [0.25, 0.3) is 0 Å². The molecule has 0 spiro atoms. The molecule has 0 radical (unpaired) electrons. The van der Waals surface area contributed by atoms with Crippen LogP contribution < -0.4 is 0 Å². The van der Waals surface area contributed by atoms with Crippen LogP contribution in [-0.4, -0.2) is 4.57 Å². The minimum Gasteiger partial charge on any atom is -0.336 e. The summed E-state index contributed by atoms with van der Waals surface area (Å²) in [5.41, 5.74) is 4.84. The number of benzene rings is 3. The van der Waals surface area contributed by atoms with Gasteiger partial charge in [0.05, 0.1) is 5.52 Å². The minimum atomic E-state index is -0.192. The fourth-order valence-electron chi connectivity index (χ4n) is 3.23. The fraction of sp³-hybridized carbons (Fsp3) is 0.100. The van der Waals surface area contributed by atoms with Crippen LogP contribution in [0.5, 0.6) is 0 Å². The summed E-state index contributed by atoms with van der Waals surface area (Å²) in [5, 5.41) is 2.54. The van der Waals surface area contributed by atoms with Gasteiger partial charge in [0, 0.05) is 22.8 Å². The molecule has 0 saturated heterocycles. The molecule has 0 atom stereocenters. The van der Waals surface area contributed by atoms with Crippen LogP contribution in [0.25, 0.3) is 21.8 Å². The molecule has 0 saturated carbocycles. The molecular formula is C20H16FN. The Labute approximate surface area is 128 Å². The molecule has 0 unspecified atom stereocenters. The number of halogens is 1. The second-order valence-electron chi connectivity index (χ2n) is 5.70. The lowest BCUT2D eigenvalue weighted by Gasteiger charge is -2.09. The molecule has 3 aromatic carbocycles. The molecule has 0 bridgehead atoms. The van der Waals surface area contributed by atoms with Gasteiger partial charge in [-0.1, -0.05) is 48.5 Å². The SMILES string of the molecule is Cc1cccc2c3ccccc3n(Cc3ccc(F)cc3)c12. The maximum Gasteiger partial charge on any atom is 0.123 e. The van der Waals surface area contributed by atoms with Gasteiger partial charge >= 0.3 is 0 Å². The van der Waals surface area contributed by atoms with Crippen LogP contribution in [0.1, 0.15) is 11.1 Å². The second kappa shape index (κ2) is 4.99. The zero-order valence-corrected chi connectivity index (χ0v) is 12.4. The Bertz CT molecular complexity index is 964. The number of hydrogen-bond acceptors (Lipinski definition) is 0. The summed E-state index contributed by atoms with van der Waals surface area (Å²) in [6, 6.07) is 21.6. The van der Waals surface area contributed by atoms with E-state index in [0.29, 0.717) is 0 Å². The van der Waals surface area contributed by atoms with Crippen LogP contribution in [0.2, 0.25) is 0 Å². The summed E-state index contributed by atoms with van der Waals surface area (Å²) in [6.45, 7) is 2.89. The highest BCUT2D eigenvalue weighted by Crippen LogP contribution is 2.31. The van der Waals surface area contributed by atoms with Crippen molar-refractivity contribution in [3.8, 4) is 0 Å². The first-order chi connectivity index (χ1) is 10.7. The molecule has 108 valence electrons. The van der Waals surface area contributed by atoms with E-state index < -0.39 is 0 Å². The van der Waals surface area contributed by atoms with Crippen LogP contribution in [0, 0.1) is 12.7 Å². The monoisotopic (exact) mass is 289 g/mol. The number of nitrogens with zero attached hydrogens (tertiary/aromatic N) is 1. The first-order valence-corrected chi connectivity index (χ1v) is 7.45. The average molecular weight is 289 g/mol. The van der Waals surface area contributed by atoms with Crippen molar-refractivity contribution in [2.75, 3.05) is 0 Å². The summed E-state index contributed by atoms with van der Waals surface area (Å²) in [5.74, 6) is -0.192. The number of aryl methyl sites for hydroxylation is 1. The Morgan fingerprint density at radius 3 is 2.36 bits per heavy atom. The summed E-state index contributed by atoms with van der Waals surface area (Å²) < 4.78 is 15.5. The zero-order valence-electron chi connectivity index (χ0n) is 12.4. The van der Waals surface area contributed by atoms with E-state index in [1.54, 1.807) is 0 Å². The lowest BCUT2D eigenvalue weighted by atomic mass is 10.1. The molecule has 2 heteroatoms. The smallest absolute Gasteiger partial charge is 0.123 e. The first kappa shape index (κ1) is 13.1. The van der Waals surface area contributed by atoms with Crippen molar-refractivity contribution in [3.05, 3.63) is 83.7 Å². The molecule has 4 aromatic rings. The van der Waals surface area contributed by atoms with Crippen LogP contribution in [0.4, 0.5) is 4.39 Å². The Morgan fingerprint density at radius 1 is 0.818 bits per heavy atom. The van der Waals surface area contributed by atoms with Crippen molar-refractivity contribution in [3.63, 3.8) is 0 Å². The third-order valence-electron chi connectivity index (χ3n) is 4.25. The molecule has 1 nitrogen and oxygen atoms in total. The number of aromatic nitrogens is 1. The fourth-order valence-corrected chi connectivity index (χ4v) is 3.23. The van der Waals surface area contributed by atoms with Crippen molar-refractivity contribution < 1.29 is 4.39 Å². The van der Waals surface area contributed by atoms with Crippen LogP contribution in [-0.2, 0) is 6.54 Å². The van der Waals surface area contributed by atoms with Crippen LogP contribution in [0.3, 0.4) is 0 Å². The predicted octanol–water partition coefficient (Wildman–Crippen LogP) is 5.29. The van der Waals surface area contributed by atoms with Crippen LogP contribution >= 0.6 is 0 Å². The van der Waals surface area contributed by atoms with Crippen molar-refractivity contribution in [2.45, 2.75) is 13.5 Å². The maximum atomic E-state index is 13.1. The van der Waals surface area contributed by atoms with Gasteiger partial charge in [-0.2, -0.15) is 0 Å². The van der Waals surface area contributed by atoms with E-state index >= 15 is 0 Å². The number of hydrogen-bond donors (Lipinski definition) is 0. The molecule has 4 rings (SSSR count). The van der Waals surface area contributed by atoms with Crippen molar-refractivity contribution in [1.29, 1.82) is 0 Å². The molecule has 0 N–H and O–H groups in total. The molecule has 0 fully saturated rings. The van der Waals surface area contributed by atoms with Crippen LogP contribution in [0.15, 0.2) is 66.7 Å². The lowest BCUT2D eigenvalue weighted by Crippen LogP contribution is -2.00. The first-order valence-electron chi connectivity index (χ1n) is 7.45. The van der Waals surface area contributed by atoms with E-state index in [4.69, 9.17) is 0 Å². The van der Waals surface area contributed by atoms with Gasteiger partial charge < -0.3 is 4.57 Å². The largest absolute Gasteiger partial charge is 0.336 e. The highest BCUT2D eigenvalue weighted by atomic mass is 19.1. The second-order valence-corrected chi connectivity index (χ2v) is 5.70. The van der Waals surface area contributed by atoms with Crippen molar-refractivity contribution in [1.82, 2.24) is 4.57 Å². The topological polar surface area (TPSA) is 4.93 Å². The van der Waals surface area contributed by atoms with E-state index in [1.165, 1.54) is 39.5 Å². The maximum absolute atomic E-state index is 13.1. The highest BCUT2D eigenvalue weighted by Gasteiger charge is 2.12. The molecule has 0 amide bonds. The van der Waals surface area contributed by atoms with E-state index in [0.717, 1.165) is 12.1 Å². The quantitative estimate of drug-likeness (QED) is 0.472. The summed E-state index contributed by atoms with van der Waals surface area (Å²) >= 11 is 0. The van der Waals surface area contributed by atoms with E-state index in [1.807, 2.05) is 12.1 Å². The highest BCUT2D eigenvalue weighted by molar-refractivity contribution is 6.09. The Kier molecular flexibility index (Phi) is 2.97. The summed E-state index contributed by atoms with van der Waals surface area (Å²) in [4.78, 5) is 0. The number of fused-ring (bicyclic) bond motifs is 3. The normalized spacial score (nSPS) is 11.4. The lowest BCUT2D eigenvalue weighted by molar-refractivity contribution is 0.626. The Hall–Kier alpha value is -2.61. The van der Waals surface area contributed by atoms with E-state index in [-0.39, 0.29) is 5.82 Å². The van der Waals surface area contributed by atoms with Gasteiger partial charge in [0.1, 0.15) is 5.82 Å². The summed E-state index contributed by atoms with van der Waals surface area (Å²) in [7, 11) is 0. The average Bonchev–Trinajstić information content (AvgIpc) is 2.86. The molecular weight excluding hydrogens is 273 g/mol. The van der Waals surface area contributed by atoms with Gasteiger partial charge in [-0.05, 0) is 36.2 Å². The molecule has 0 aliphatic rings. The van der Waals surface area contributed by atoms with Gasteiger partial charge in [-0.3, -0.25) is 0 Å².